The summed E-state index contributed by atoms with van der Waals surface area (Å²) in [5.74, 6) is -0.224. The number of hydrogen-bond donors (Lipinski definition) is 3. The predicted molar refractivity (Wildman–Crippen MR) is 88.5 cm³/mol. The average Bonchev–Trinajstić information content (AvgIpc) is 2.91. The van der Waals surface area contributed by atoms with Crippen LogP contribution in [0.3, 0.4) is 0 Å². The summed E-state index contributed by atoms with van der Waals surface area (Å²) in [6, 6.07) is 6.64. The van der Waals surface area contributed by atoms with E-state index >= 15 is 0 Å². The van der Waals surface area contributed by atoms with Gasteiger partial charge >= 0.3 is 0 Å². The van der Waals surface area contributed by atoms with Crippen molar-refractivity contribution in [2.24, 2.45) is 5.73 Å². The summed E-state index contributed by atoms with van der Waals surface area (Å²) in [6.07, 6.45) is 3.33. The molecule has 0 saturated carbocycles. The first-order chi connectivity index (χ1) is 11.1. The van der Waals surface area contributed by atoms with Crippen molar-refractivity contribution in [3.05, 3.63) is 53.1 Å². The number of rotatable bonds is 9. The van der Waals surface area contributed by atoms with Crippen LogP contribution in [0.2, 0.25) is 0 Å². The van der Waals surface area contributed by atoms with E-state index in [2.05, 4.69) is 15.5 Å². The average molecular weight is 320 g/mol. The van der Waals surface area contributed by atoms with Crippen molar-refractivity contribution in [1.29, 1.82) is 0 Å². The van der Waals surface area contributed by atoms with Crippen molar-refractivity contribution in [3.63, 3.8) is 0 Å². The largest absolute Gasteiger partial charge is 0.363 e. The molecule has 1 aromatic carbocycles. The van der Waals surface area contributed by atoms with Crippen LogP contribution in [-0.4, -0.2) is 35.6 Å². The lowest BCUT2D eigenvalue weighted by Crippen LogP contribution is -2.40. The minimum atomic E-state index is -0.224. The Labute approximate surface area is 136 Å². The molecule has 2 rings (SSSR count). The van der Waals surface area contributed by atoms with Crippen LogP contribution in [0.1, 0.15) is 23.7 Å². The van der Waals surface area contributed by atoms with Gasteiger partial charge in [-0.05, 0) is 43.5 Å². The molecule has 0 bridgehead atoms. The van der Waals surface area contributed by atoms with Gasteiger partial charge in [0.25, 0.3) is 0 Å². The van der Waals surface area contributed by atoms with Crippen LogP contribution in [0.4, 0.5) is 4.39 Å². The minimum absolute atomic E-state index is 0.0536. The van der Waals surface area contributed by atoms with E-state index in [9.17, 15) is 4.39 Å². The van der Waals surface area contributed by atoms with Gasteiger partial charge in [0.2, 0.25) is 0 Å². The van der Waals surface area contributed by atoms with Crippen molar-refractivity contribution in [2.45, 2.75) is 38.8 Å². The first-order valence-corrected chi connectivity index (χ1v) is 7.86. The quantitative estimate of drug-likeness (QED) is 0.617. The third kappa shape index (κ3) is 5.74. The van der Waals surface area contributed by atoms with Gasteiger partial charge in [0.1, 0.15) is 5.82 Å². The molecule has 6 heteroatoms. The Bertz CT molecular complexity index is 602. The highest BCUT2D eigenvalue weighted by Gasteiger charge is 2.11. The zero-order chi connectivity index (χ0) is 16.7. The van der Waals surface area contributed by atoms with Crippen molar-refractivity contribution < 1.29 is 9.13 Å². The van der Waals surface area contributed by atoms with Gasteiger partial charge in [0, 0.05) is 24.7 Å². The van der Waals surface area contributed by atoms with E-state index in [1.807, 2.05) is 26.1 Å². The monoisotopic (exact) mass is 320 g/mol. The van der Waals surface area contributed by atoms with E-state index < -0.39 is 0 Å². The number of nitrogens with two attached hydrogens (primary N) is 1. The Hall–Kier alpha value is -1.76. The number of aromatic nitrogens is 2. The number of ether oxygens (including phenoxy) is 1. The molecule has 1 aromatic heterocycles. The SMILES string of the molecule is Cc1cn[nH]c1CC(C)OCN[C@H](CN)Cc1cccc(F)c1. The van der Waals surface area contributed by atoms with E-state index in [4.69, 9.17) is 10.5 Å². The van der Waals surface area contributed by atoms with Crippen LogP contribution in [0.25, 0.3) is 0 Å². The fourth-order valence-corrected chi connectivity index (χ4v) is 2.42. The van der Waals surface area contributed by atoms with E-state index in [1.165, 1.54) is 12.1 Å². The normalized spacial score (nSPS) is 13.9. The predicted octanol–water partition coefficient (Wildman–Crippen LogP) is 1.92. The zero-order valence-corrected chi connectivity index (χ0v) is 13.7. The molecule has 0 saturated heterocycles. The Kier molecular flexibility index (Phi) is 6.70. The number of halogens is 1. The maximum Gasteiger partial charge on any atom is 0.123 e. The Morgan fingerprint density at radius 1 is 1.39 bits per heavy atom. The molecule has 0 amide bonds. The zero-order valence-electron chi connectivity index (χ0n) is 13.7. The lowest BCUT2D eigenvalue weighted by molar-refractivity contribution is 0.0468. The van der Waals surface area contributed by atoms with Crippen molar-refractivity contribution >= 4 is 0 Å². The van der Waals surface area contributed by atoms with E-state index in [0.29, 0.717) is 19.7 Å². The Balaban J connectivity index is 1.74. The topological polar surface area (TPSA) is 76.0 Å². The number of aryl methyl sites for hydroxylation is 1. The van der Waals surface area contributed by atoms with Crippen LogP contribution >= 0.6 is 0 Å². The summed E-state index contributed by atoms with van der Waals surface area (Å²) in [5, 5.41) is 10.3. The highest BCUT2D eigenvalue weighted by Crippen LogP contribution is 2.08. The summed E-state index contributed by atoms with van der Waals surface area (Å²) in [5.41, 5.74) is 8.93. The molecule has 1 unspecified atom stereocenters. The molecular formula is C17H25FN4O. The second-order valence-electron chi connectivity index (χ2n) is 5.83. The molecule has 0 fully saturated rings. The van der Waals surface area contributed by atoms with Gasteiger partial charge in [-0.2, -0.15) is 5.10 Å². The molecule has 1 heterocycles. The molecule has 2 atom stereocenters. The third-order valence-electron chi connectivity index (χ3n) is 3.82. The minimum Gasteiger partial charge on any atom is -0.363 e. The molecular weight excluding hydrogens is 295 g/mol. The highest BCUT2D eigenvalue weighted by atomic mass is 19.1. The van der Waals surface area contributed by atoms with Crippen molar-refractivity contribution in [2.75, 3.05) is 13.3 Å². The van der Waals surface area contributed by atoms with E-state index in [1.54, 1.807) is 6.07 Å². The summed E-state index contributed by atoms with van der Waals surface area (Å²) >= 11 is 0. The number of aromatic amines is 1. The lowest BCUT2D eigenvalue weighted by atomic mass is 10.1. The third-order valence-corrected chi connectivity index (χ3v) is 3.82. The van der Waals surface area contributed by atoms with Crippen LogP contribution in [0.5, 0.6) is 0 Å². The summed E-state index contributed by atoms with van der Waals surface area (Å²) in [6.45, 7) is 4.92. The van der Waals surface area contributed by atoms with Crippen LogP contribution in [0, 0.1) is 12.7 Å². The van der Waals surface area contributed by atoms with E-state index in [0.717, 1.165) is 23.2 Å². The van der Waals surface area contributed by atoms with Gasteiger partial charge in [-0.25, -0.2) is 4.39 Å². The van der Waals surface area contributed by atoms with Crippen LogP contribution in [-0.2, 0) is 17.6 Å². The van der Waals surface area contributed by atoms with Gasteiger partial charge in [-0.1, -0.05) is 12.1 Å². The summed E-state index contributed by atoms with van der Waals surface area (Å²) in [4.78, 5) is 0. The number of benzene rings is 1. The molecule has 5 nitrogen and oxygen atoms in total. The number of H-pyrrole nitrogens is 1. The molecule has 0 radical (unpaired) electrons. The number of nitrogens with one attached hydrogen (secondary N) is 2. The molecule has 0 aliphatic rings. The smallest absolute Gasteiger partial charge is 0.123 e. The molecule has 2 aromatic rings. The Morgan fingerprint density at radius 2 is 2.22 bits per heavy atom. The van der Waals surface area contributed by atoms with Gasteiger partial charge in [-0.15, -0.1) is 0 Å². The van der Waals surface area contributed by atoms with Gasteiger partial charge < -0.3 is 10.5 Å². The van der Waals surface area contributed by atoms with Crippen molar-refractivity contribution in [3.8, 4) is 0 Å². The number of hydrogen-bond acceptors (Lipinski definition) is 4. The molecule has 126 valence electrons. The fraction of sp³-hybridized carbons (Fsp3) is 0.471. The standard InChI is InChI=1S/C17H25FN4O/c1-12-10-21-22-17(12)6-13(2)23-11-20-16(9-19)8-14-4-3-5-15(18)7-14/h3-5,7,10,13,16,20H,6,8-9,11,19H2,1-2H3,(H,21,22)/t13?,16-/m0/s1. The molecule has 0 aliphatic heterocycles. The first-order valence-electron chi connectivity index (χ1n) is 7.86. The Morgan fingerprint density at radius 3 is 2.87 bits per heavy atom. The summed E-state index contributed by atoms with van der Waals surface area (Å²) < 4.78 is 19.0. The molecule has 0 spiro atoms. The highest BCUT2D eigenvalue weighted by molar-refractivity contribution is 5.17. The van der Waals surface area contributed by atoms with E-state index in [-0.39, 0.29) is 18.0 Å². The van der Waals surface area contributed by atoms with Crippen LogP contribution in [0.15, 0.2) is 30.5 Å². The first kappa shape index (κ1) is 17.6. The lowest BCUT2D eigenvalue weighted by Gasteiger charge is -2.19. The molecule has 23 heavy (non-hydrogen) atoms. The second kappa shape index (κ2) is 8.76. The van der Waals surface area contributed by atoms with Gasteiger partial charge in [-0.3, -0.25) is 10.4 Å². The maximum absolute atomic E-state index is 13.2. The van der Waals surface area contributed by atoms with Crippen molar-refractivity contribution in [1.82, 2.24) is 15.5 Å². The summed E-state index contributed by atoms with van der Waals surface area (Å²) in [7, 11) is 0. The maximum atomic E-state index is 13.2. The molecule has 4 N–H and O–H groups in total. The van der Waals surface area contributed by atoms with Gasteiger partial charge in [0.15, 0.2) is 0 Å². The fourth-order valence-electron chi connectivity index (χ4n) is 2.42. The van der Waals surface area contributed by atoms with Crippen LogP contribution < -0.4 is 11.1 Å². The number of nitrogens with zero attached hydrogens (tertiary/aromatic N) is 1. The molecule has 0 aliphatic carbocycles. The van der Waals surface area contributed by atoms with Gasteiger partial charge in [0.05, 0.1) is 19.0 Å². The second-order valence-corrected chi connectivity index (χ2v) is 5.83.